The van der Waals surface area contributed by atoms with Gasteiger partial charge in [-0.2, -0.15) is 0 Å². The minimum absolute atomic E-state index is 0.0690. The second-order valence-electron chi connectivity index (χ2n) is 6.39. The second kappa shape index (κ2) is 9.37. The molecule has 0 saturated carbocycles. The number of para-hydroxylation sites is 1. The summed E-state index contributed by atoms with van der Waals surface area (Å²) in [5.41, 5.74) is 3.25. The van der Waals surface area contributed by atoms with Crippen molar-refractivity contribution in [2.24, 2.45) is 0 Å². The molecule has 2 amide bonds. The van der Waals surface area contributed by atoms with E-state index in [0.717, 1.165) is 11.1 Å². The molecule has 28 heavy (non-hydrogen) atoms. The molecule has 0 aliphatic rings. The first kappa shape index (κ1) is 19.2. The molecule has 0 atom stereocenters. The van der Waals surface area contributed by atoms with E-state index in [9.17, 15) is 9.59 Å². The zero-order valence-electron chi connectivity index (χ0n) is 15.6. The van der Waals surface area contributed by atoms with Crippen molar-refractivity contribution >= 4 is 23.2 Å². The number of benzene rings is 3. The zero-order valence-corrected chi connectivity index (χ0v) is 15.6. The van der Waals surface area contributed by atoms with Crippen LogP contribution in [0.3, 0.4) is 0 Å². The van der Waals surface area contributed by atoms with E-state index >= 15 is 0 Å². The molecule has 0 radical (unpaired) electrons. The Labute approximate surface area is 164 Å². The van der Waals surface area contributed by atoms with Gasteiger partial charge in [-0.15, -0.1) is 0 Å². The molecule has 0 aromatic heterocycles. The summed E-state index contributed by atoms with van der Waals surface area (Å²) in [5.74, 6) is 0.354. The lowest BCUT2D eigenvalue weighted by molar-refractivity contribution is -0.118. The van der Waals surface area contributed by atoms with Crippen molar-refractivity contribution in [3.05, 3.63) is 90.0 Å². The Morgan fingerprint density at radius 2 is 1.32 bits per heavy atom. The van der Waals surface area contributed by atoms with E-state index < -0.39 is 0 Å². The average Bonchev–Trinajstić information content (AvgIpc) is 2.69. The number of ether oxygens (including phenoxy) is 1. The number of carbonyl (C=O) groups excluding carboxylic acids is 2. The highest BCUT2D eigenvalue weighted by Crippen LogP contribution is 2.17. The first-order chi connectivity index (χ1) is 13.6. The average molecular weight is 374 g/mol. The van der Waals surface area contributed by atoms with Crippen LogP contribution in [0.5, 0.6) is 5.75 Å². The van der Waals surface area contributed by atoms with E-state index in [0.29, 0.717) is 23.5 Å². The summed E-state index contributed by atoms with van der Waals surface area (Å²) in [5, 5.41) is 5.62. The summed E-state index contributed by atoms with van der Waals surface area (Å²) in [4.78, 5) is 24.2. The highest BCUT2D eigenvalue weighted by molar-refractivity contribution is 5.94. The number of nitrogens with one attached hydrogen (secondary N) is 2. The lowest BCUT2D eigenvalue weighted by Crippen LogP contribution is -2.20. The quantitative estimate of drug-likeness (QED) is 0.651. The lowest BCUT2D eigenvalue weighted by Gasteiger charge is -2.10. The first-order valence-electron chi connectivity index (χ1n) is 9.02. The molecule has 0 aliphatic heterocycles. The van der Waals surface area contributed by atoms with Gasteiger partial charge in [0, 0.05) is 11.4 Å². The smallest absolute Gasteiger partial charge is 0.262 e. The van der Waals surface area contributed by atoms with Crippen LogP contribution >= 0.6 is 0 Å². The number of carbonyl (C=O) groups is 2. The van der Waals surface area contributed by atoms with Gasteiger partial charge < -0.3 is 15.4 Å². The standard InChI is InChI=1S/C23H22N2O3/c1-17-7-5-6-10-21(17)28-16-23(27)25-20-13-11-19(12-14-20)24-22(26)15-18-8-3-2-4-9-18/h2-14H,15-16H2,1H3,(H,24,26)(H,25,27). The van der Waals surface area contributed by atoms with Crippen LogP contribution in [0.25, 0.3) is 0 Å². The Hall–Kier alpha value is -3.60. The minimum Gasteiger partial charge on any atom is -0.483 e. The maximum Gasteiger partial charge on any atom is 0.262 e. The summed E-state index contributed by atoms with van der Waals surface area (Å²) in [6, 6.07) is 24.1. The van der Waals surface area contributed by atoms with Gasteiger partial charge in [0.2, 0.25) is 5.91 Å². The zero-order chi connectivity index (χ0) is 19.8. The van der Waals surface area contributed by atoms with E-state index in [-0.39, 0.29) is 18.4 Å². The summed E-state index contributed by atoms with van der Waals surface area (Å²) >= 11 is 0. The van der Waals surface area contributed by atoms with Crippen molar-refractivity contribution in [3.63, 3.8) is 0 Å². The van der Waals surface area contributed by atoms with Gasteiger partial charge in [0.05, 0.1) is 6.42 Å². The van der Waals surface area contributed by atoms with Gasteiger partial charge in [-0.05, 0) is 48.4 Å². The van der Waals surface area contributed by atoms with E-state index in [4.69, 9.17) is 4.74 Å². The minimum atomic E-state index is -0.246. The highest BCUT2D eigenvalue weighted by atomic mass is 16.5. The maximum absolute atomic E-state index is 12.1. The monoisotopic (exact) mass is 374 g/mol. The van der Waals surface area contributed by atoms with Crippen LogP contribution < -0.4 is 15.4 Å². The molecule has 0 fully saturated rings. The van der Waals surface area contributed by atoms with Gasteiger partial charge in [-0.25, -0.2) is 0 Å². The molecule has 0 bridgehead atoms. The molecule has 2 N–H and O–H groups in total. The molecule has 0 saturated heterocycles. The molecular formula is C23H22N2O3. The van der Waals surface area contributed by atoms with Gasteiger partial charge >= 0.3 is 0 Å². The molecule has 3 aromatic rings. The Kier molecular flexibility index (Phi) is 6.41. The number of hydrogen-bond donors (Lipinski definition) is 2. The van der Waals surface area contributed by atoms with Crippen LogP contribution in [0.2, 0.25) is 0 Å². The topological polar surface area (TPSA) is 67.4 Å². The van der Waals surface area contributed by atoms with Crippen LogP contribution in [0.4, 0.5) is 11.4 Å². The van der Waals surface area contributed by atoms with E-state index in [1.807, 2.05) is 61.5 Å². The third-order valence-corrected chi connectivity index (χ3v) is 4.11. The second-order valence-corrected chi connectivity index (χ2v) is 6.39. The summed E-state index contributed by atoms with van der Waals surface area (Å²) in [6.07, 6.45) is 0.315. The normalized spacial score (nSPS) is 10.2. The van der Waals surface area contributed by atoms with Crippen molar-refractivity contribution in [2.45, 2.75) is 13.3 Å². The van der Waals surface area contributed by atoms with Crippen LogP contribution in [0.1, 0.15) is 11.1 Å². The number of aryl methyl sites for hydroxylation is 1. The van der Waals surface area contributed by atoms with Gasteiger partial charge in [0.1, 0.15) is 5.75 Å². The molecule has 3 rings (SSSR count). The van der Waals surface area contributed by atoms with Crippen molar-refractivity contribution in [2.75, 3.05) is 17.2 Å². The van der Waals surface area contributed by atoms with Gasteiger partial charge in [0.15, 0.2) is 6.61 Å². The molecule has 0 aliphatic carbocycles. The predicted octanol–water partition coefficient (Wildman–Crippen LogP) is 4.19. The van der Waals surface area contributed by atoms with Crippen molar-refractivity contribution < 1.29 is 14.3 Å². The van der Waals surface area contributed by atoms with Gasteiger partial charge in [-0.1, -0.05) is 48.5 Å². The van der Waals surface area contributed by atoms with Crippen LogP contribution in [0, 0.1) is 6.92 Å². The molecule has 142 valence electrons. The van der Waals surface area contributed by atoms with Gasteiger partial charge in [0.25, 0.3) is 5.91 Å². The molecule has 5 heteroatoms. The first-order valence-corrected chi connectivity index (χ1v) is 9.02. The van der Waals surface area contributed by atoms with E-state index in [1.54, 1.807) is 24.3 Å². The van der Waals surface area contributed by atoms with Gasteiger partial charge in [-0.3, -0.25) is 9.59 Å². The Balaban J connectivity index is 1.48. The summed E-state index contributed by atoms with van der Waals surface area (Å²) in [6.45, 7) is 1.86. The van der Waals surface area contributed by atoms with E-state index in [1.165, 1.54) is 0 Å². The van der Waals surface area contributed by atoms with Crippen LogP contribution in [0.15, 0.2) is 78.9 Å². The molecule has 3 aromatic carbocycles. The molecule has 0 heterocycles. The number of hydrogen-bond acceptors (Lipinski definition) is 3. The molecule has 0 spiro atoms. The highest BCUT2D eigenvalue weighted by Gasteiger charge is 2.07. The largest absolute Gasteiger partial charge is 0.483 e. The Bertz CT molecular complexity index is 938. The fourth-order valence-electron chi connectivity index (χ4n) is 2.68. The number of amides is 2. The molecule has 5 nitrogen and oxygen atoms in total. The summed E-state index contributed by atoms with van der Waals surface area (Å²) in [7, 11) is 0. The van der Waals surface area contributed by atoms with Crippen molar-refractivity contribution in [1.29, 1.82) is 0 Å². The summed E-state index contributed by atoms with van der Waals surface area (Å²) < 4.78 is 5.53. The molecule has 0 unspecified atom stereocenters. The van der Waals surface area contributed by atoms with Crippen molar-refractivity contribution in [3.8, 4) is 5.75 Å². The van der Waals surface area contributed by atoms with Crippen LogP contribution in [-0.2, 0) is 16.0 Å². The fourth-order valence-corrected chi connectivity index (χ4v) is 2.68. The lowest BCUT2D eigenvalue weighted by atomic mass is 10.1. The fraction of sp³-hybridized carbons (Fsp3) is 0.130. The van der Waals surface area contributed by atoms with E-state index in [2.05, 4.69) is 10.6 Å². The Morgan fingerprint density at radius 1 is 0.750 bits per heavy atom. The van der Waals surface area contributed by atoms with Crippen molar-refractivity contribution in [1.82, 2.24) is 0 Å². The third-order valence-electron chi connectivity index (χ3n) is 4.11. The Morgan fingerprint density at radius 3 is 1.96 bits per heavy atom. The maximum atomic E-state index is 12.1. The molecular weight excluding hydrogens is 352 g/mol. The number of anilines is 2. The van der Waals surface area contributed by atoms with Crippen LogP contribution in [-0.4, -0.2) is 18.4 Å². The third kappa shape index (κ3) is 5.71. The number of rotatable bonds is 7. The SMILES string of the molecule is Cc1ccccc1OCC(=O)Nc1ccc(NC(=O)Cc2ccccc2)cc1. The predicted molar refractivity (Wildman–Crippen MR) is 111 cm³/mol.